The van der Waals surface area contributed by atoms with E-state index in [1.807, 2.05) is 30.0 Å². The third kappa shape index (κ3) is 2.85. The molecule has 1 atom stereocenters. The Kier molecular flexibility index (Phi) is 4.63. The van der Waals surface area contributed by atoms with Crippen LogP contribution in [0.15, 0.2) is 29.2 Å². The molecule has 18 heavy (non-hydrogen) atoms. The van der Waals surface area contributed by atoms with Crippen molar-refractivity contribution >= 4 is 23.4 Å². The molecule has 1 amide bonds. The van der Waals surface area contributed by atoms with Gasteiger partial charge in [0.25, 0.3) is 0 Å². The van der Waals surface area contributed by atoms with Crippen molar-refractivity contribution in [1.29, 1.82) is 0 Å². The van der Waals surface area contributed by atoms with Crippen LogP contribution >= 0.6 is 11.8 Å². The third-order valence-electron chi connectivity index (χ3n) is 2.80. The standard InChI is InChI=1S/C13H18N2O2S/c1-10-13(16)15(7-9-17-8-6-14)11-4-2-3-5-12(11)18-10/h2-5,10H,6-9,14H2,1H3. The van der Waals surface area contributed by atoms with Gasteiger partial charge < -0.3 is 15.4 Å². The minimum Gasteiger partial charge on any atom is -0.378 e. The van der Waals surface area contributed by atoms with Crippen LogP contribution in [-0.2, 0) is 9.53 Å². The summed E-state index contributed by atoms with van der Waals surface area (Å²) in [6, 6.07) is 7.99. The van der Waals surface area contributed by atoms with Crippen molar-refractivity contribution in [3.05, 3.63) is 24.3 Å². The Morgan fingerprint density at radius 1 is 1.39 bits per heavy atom. The quantitative estimate of drug-likeness (QED) is 0.820. The lowest BCUT2D eigenvalue weighted by Gasteiger charge is -2.32. The van der Waals surface area contributed by atoms with Gasteiger partial charge in [-0.2, -0.15) is 0 Å². The van der Waals surface area contributed by atoms with Crippen molar-refractivity contribution in [1.82, 2.24) is 0 Å². The van der Waals surface area contributed by atoms with E-state index in [1.165, 1.54) is 0 Å². The van der Waals surface area contributed by atoms with Crippen molar-refractivity contribution in [3.63, 3.8) is 0 Å². The van der Waals surface area contributed by atoms with Crippen molar-refractivity contribution in [2.45, 2.75) is 17.1 Å². The van der Waals surface area contributed by atoms with Crippen LogP contribution in [-0.4, -0.2) is 37.5 Å². The Labute approximate surface area is 111 Å². The fraction of sp³-hybridized carbons (Fsp3) is 0.462. The summed E-state index contributed by atoms with van der Waals surface area (Å²) in [7, 11) is 0. The number of rotatable bonds is 5. The van der Waals surface area contributed by atoms with Gasteiger partial charge in [0.05, 0.1) is 24.2 Å². The molecule has 5 heteroatoms. The van der Waals surface area contributed by atoms with Gasteiger partial charge in [0.2, 0.25) is 5.91 Å². The molecule has 4 nitrogen and oxygen atoms in total. The normalized spacial score (nSPS) is 18.9. The zero-order chi connectivity index (χ0) is 13.0. The number of thioether (sulfide) groups is 1. The van der Waals surface area contributed by atoms with Crippen LogP contribution in [0.3, 0.4) is 0 Å². The lowest BCUT2D eigenvalue weighted by Crippen LogP contribution is -2.41. The number of carbonyl (C=O) groups is 1. The Hall–Kier alpha value is -1.04. The number of para-hydroxylation sites is 1. The smallest absolute Gasteiger partial charge is 0.240 e. The molecule has 2 N–H and O–H groups in total. The largest absolute Gasteiger partial charge is 0.378 e. The Bertz CT molecular complexity index is 425. The summed E-state index contributed by atoms with van der Waals surface area (Å²) >= 11 is 1.62. The van der Waals surface area contributed by atoms with Gasteiger partial charge in [-0.1, -0.05) is 12.1 Å². The summed E-state index contributed by atoms with van der Waals surface area (Å²) in [6.07, 6.45) is 0. The van der Waals surface area contributed by atoms with Crippen molar-refractivity contribution in [2.24, 2.45) is 5.73 Å². The highest BCUT2D eigenvalue weighted by molar-refractivity contribution is 8.00. The summed E-state index contributed by atoms with van der Waals surface area (Å²) in [6.45, 7) is 4.09. The first-order valence-electron chi connectivity index (χ1n) is 6.09. The van der Waals surface area contributed by atoms with Crippen LogP contribution in [0.2, 0.25) is 0 Å². The molecule has 1 heterocycles. The molecule has 0 saturated carbocycles. The summed E-state index contributed by atoms with van der Waals surface area (Å²) in [4.78, 5) is 15.1. The third-order valence-corrected chi connectivity index (χ3v) is 3.95. The molecule has 0 fully saturated rings. The molecule has 0 aromatic heterocycles. The van der Waals surface area contributed by atoms with Gasteiger partial charge in [-0.05, 0) is 19.1 Å². The number of carbonyl (C=O) groups excluding carboxylic acids is 1. The molecular formula is C13H18N2O2S. The van der Waals surface area contributed by atoms with Gasteiger partial charge in [-0.25, -0.2) is 0 Å². The molecule has 1 aromatic carbocycles. The maximum atomic E-state index is 12.2. The summed E-state index contributed by atoms with van der Waals surface area (Å²) < 4.78 is 5.36. The van der Waals surface area contributed by atoms with Crippen LogP contribution in [0, 0.1) is 0 Å². The van der Waals surface area contributed by atoms with Crippen LogP contribution in [0.1, 0.15) is 6.92 Å². The molecule has 0 aliphatic carbocycles. The topological polar surface area (TPSA) is 55.6 Å². The van der Waals surface area contributed by atoms with Crippen molar-refractivity contribution in [2.75, 3.05) is 31.2 Å². The number of nitrogens with two attached hydrogens (primary N) is 1. The number of fused-ring (bicyclic) bond motifs is 1. The van der Waals surface area contributed by atoms with E-state index in [0.29, 0.717) is 26.3 Å². The Balaban J connectivity index is 2.09. The fourth-order valence-corrected chi connectivity index (χ4v) is 3.00. The van der Waals surface area contributed by atoms with E-state index in [4.69, 9.17) is 10.5 Å². The highest BCUT2D eigenvalue weighted by Gasteiger charge is 2.29. The highest BCUT2D eigenvalue weighted by Crippen LogP contribution is 2.38. The number of ether oxygens (including phenoxy) is 1. The number of amides is 1. The van der Waals surface area contributed by atoms with E-state index in [2.05, 4.69) is 6.07 Å². The lowest BCUT2D eigenvalue weighted by molar-refractivity contribution is -0.118. The minimum absolute atomic E-state index is 0.0330. The van der Waals surface area contributed by atoms with Gasteiger partial charge in [-0.3, -0.25) is 4.79 Å². The molecule has 1 aromatic rings. The lowest BCUT2D eigenvalue weighted by atomic mass is 10.2. The molecule has 1 unspecified atom stereocenters. The van der Waals surface area contributed by atoms with Gasteiger partial charge in [0.15, 0.2) is 0 Å². The monoisotopic (exact) mass is 266 g/mol. The number of anilines is 1. The average molecular weight is 266 g/mol. The minimum atomic E-state index is -0.0330. The van der Waals surface area contributed by atoms with Gasteiger partial charge in [0.1, 0.15) is 0 Å². The highest BCUT2D eigenvalue weighted by atomic mass is 32.2. The molecule has 0 radical (unpaired) electrons. The summed E-state index contributed by atoms with van der Waals surface area (Å²) in [5, 5.41) is -0.0330. The first-order chi connectivity index (χ1) is 8.74. The van der Waals surface area contributed by atoms with Crippen molar-refractivity contribution in [3.8, 4) is 0 Å². The van der Waals surface area contributed by atoms with Gasteiger partial charge in [-0.15, -0.1) is 11.8 Å². The van der Waals surface area contributed by atoms with Crippen LogP contribution in [0.4, 0.5) is 5.69 Å². The molecule has 0 bridgehead atoms. The maximum absolute atomic E-state index is 12.2. The van der Waals surface area contributed by atoms with E-state index in [1.54, 1.807) is 11.8 Å². The molecule has 2 rings (SSSR count). The predicted molar refractivity (Wildman–Crippen MR) is 74.0 cm³/mol. The van der Waals surface area contributed by atoms with Crippen LogP contribution < -0.4 is 10.6 Å². The first-order valence-corrected chi connectivity index (χ1v) is 6.97. The zero-order valence-corrected chi connectivity index (χ0v) is 11.3. The van der Waals surface area contributed by atoms with E-state index in [-0.39, 0.29) is 11.2 Å². The number of hydrogen-bond acceptors (Lipinski definition) is 4. The van der Waals surface area contributed by atoms with Crippen LogP contribution in [0.5, 0.6) is 0 Å². The zero-order valence-electron chi connectivity index (χ0n) is 10.5. The molecular weight excluding hydrogens is 248 g/mol. The summed E-state index contributed by atoms with van der Waals surface area (Å²) in [5.74, 6) is 0.148. The van der Waals surface area contributed by atoms with E-state index >= 15 is 0 Å². The first kappa shape index (κ1) is 13.4. The SMILES string of the molecule is CC1Sc2ccccc2N(CCOCCN)C1=O. The second-order valence-corrected chi connectivity index (χ2v) is 5.50. The molecule has 0 saturated heterocycles. The number of nitrogens with zero attached hydrogens (tertiary/aromatic N) is 1. The van der Waals surface area contributed by atoms with E-state index < -0.39 is 0 Å². The van der Waals surface area contributed by atoms with Crippen molar-refractivity contribution < 1.29 is 9.53 Å². The molecule has 1 aliphatic rings. The van der Waals surface area contributed by atoms with E-state index in [9.17, 15) is 4.79 Å². The molecule has 98 valence electrons. The van der Waals surface area contributed by atoms with Gasteiger partial charge in [0, 0.05) is 18.0 Å². The van der Waals surface area contributed by atoms with Crippen LogP contribution in [0.25, 0.3) is 0 Å². The second-order valence-electron chi connectivity index (χ2n) is 4.12. The summed E-state index contributed by atoms with van der Waals surface area (Å²) in [5.41, 5.74) is 6.35. The molecule has 1 aliphatic heterocycles. The number of benzene rings is 1. The average Bonchev–Trinajstić information content (AvgIpc) is 2.38. The van der Waals surface area contributed by atoms with Gasteiger partial charge >= 0.3 is 0 Å². The Morgan fingerprint density at radius 2 is 2.17 bits per heavy atom. The van der Waals surface area contributed by atoms with E-state index in [0.717, 1.165) is 10.6 Å². The maximum Gasteiger partial charge on any atom is 0.240 e. The molecule has 0 spiro atoms. The fourth-order valence-electron chi connectivity index (χ4n) is 1.93. The Morgan fingerprint density at radius 3 is 2.94 bits per heavy atom. The predicted octanol–water partition coefficient (Wildman–Crippen LogP) is 1.49. The second kappa shape index (κ2) is 6.22. The number of hydrogen-bond donors (Lipinski definition) is 1.